The van der Waals surface area contributed by atoms with Crippen LogP contribution in [0.1, 0.15) is 24.3 Å². The van der Waals surface area contributed by atoms with Crippen LogP contribution in [-0.2, 0) is 11.2 Å². The molecule has 1 N–H and O–H groups in total. The van der Waals surface area contributed by atoms with E-state index in [0.29, 0.717) is 6.42 Å². The number of rotatable bonds is 7. The topological polar surface area (TPSA) is 42.0 Å². The Hall–Kier alpha value is -2.98. The number of fused-ring (bicyclic) bond motifs is 1. The fourth-order valence-corrected chi connectivity index (χ4v) is 4.27. The van der Waals surface area contributed by atoms with Gasteiger partial charge in [-0.25, -0.2) is 4.98 Å². The minimum absolute atomic E-state index is 0.0627. The van der Waals surface area contributed by atoms with Crippen LogP contribution in [0.5, 0.6) is 0 Å². The molecule has 0 bridgehead atoms. The molecule has 4 rings (SSSR count). The maximum atomic E-state index is 12.4. The Bertz CT molecular complexity index is 1040. The second kappa shape index (κ2) is 8.81. The van der Waals surface area contributed by atoms with Crippen LogP contribution in [0.15, 0.2) is 78.9 Å². The highest BCUT2D eigenvalue weighted by molar-refractivity contribution is 7.18. The van der Waals surface area contributed by atoms with Gasteiger partial charge in [-0.3, -0.25) is 4.79 Å². The summed E-state index contributed by atoms with van der Waals surface area (Å²) in [6, 6.07) is 26.3. The number of para-hydroxylation sites is 2. The fraction of sp³-hybridized carbons (Fsp3) is 0.167. The molecule has 0 radical (unpaired) electrons. The number of nitrogens with one attached hydrogen (secondary N) is 1. The van der Waals surface area contributed by atoms with Crippen LogP contribution >= 0.6 is 11.3 Å². The Kier molecular flexibility index (Phi) is 5.78. The molecule has 1 heterocycles. The summed E-state index contributed by atoms with van der Waals surface area (Å²) in [5.74, 6) is 0.0627. The summed E-state index contributed by atoms with van der Waals surface area (Å²) < 4.78 is 1.23. The molecular formula is C24H22N2OS. The Balaban J connectivity index is 1.30. The highest BCUT2D eigenvalue weighted by atomic mass is 32.1. The van der Waals surface area contributed by atoms with E-state index in [-0.39, 0.29) is 5.91 Å². The number of aromatic nitrogens is 1. The molecule has 4 aromatic rings. The second-order valence-electron chi connectivity index (χ2n) is 6.74. The first-order valence-corrected chi connectivity index (χ1v) is 10.4. The van der Waals surface area contributed by atoms with Crippen molar-refractivity contribution >= 4 is 33.1 Å². The Morgan fingerprint density at radius 1 is 0.857 bits per heavy atom. The third kappa shape index (κ3) is 4.46. The van der Waals surface area contributed by atoms with Crippen LogP contribution in [0.2, 0.25) is 0 Å². The Labute approximate surface area is 169 Å². The number of thiazole rings is 1. The predicted molar refractivity (Wildman–Crippen MR) is 118 cm³/mol. The van der Waals surface area contributed by atoms with Gasteiger partial charge in [0.25, 0.3) is 0 Å². The highest BCUT2D eigenvalue weighted by Crippen LogP contribution is 2.28. The third-order valence-corrected chi connectivity index (χ3v) is 5.76. The maximum absolute atomic E-state index is 12.4. The van der Waals surface area contributed by atoms with Crippen LogP contribution in [0.3, 0.4) is 0 Å². The minimum atomic E-state index is 0.0627. The van der Waals surface area contributed by atoms with Crippen LogP contribution in [-0.4, -0.2) is 10.9 Å². The number of amides is 1. The number of carbonyl (C=O) groups excluding carboxylic acids is 1. The van der Waals surface area contributed by atoms with Crippen LogP contribution in [0.4, 0.5) is 5.69 Å². The van der Waals surface area contributed by atoms with Gasteiger partial charge in [0.15, 0.2) is 0 Å². The number of aryl methyl sites for hydroxylation is 1. The van der Waals surface area contributed by atoms with E-state index in [1.807, 2.05) is 60.7 Å². The van der Waals surface area contributed by atoms with Gasteiger partial charge in [0, 0.05) is 17.7 Å². The zero-order chi connectivity index (χ0) is 19.2. The molecule has 0 atom stereocenters. The van der Waals surface area contributed by atoms with E-state index in [0.717, 1.165) is 46.6 Å². The number of benzene rings is 3. The predicted octanol–water partition coefficient (Wildman–Crippen LogP) is 6.31. The van der Waals surface area contributed by atoms with Crippen molar-refractivity contribution in [3.05, 3.63) is 83.9 Å². The van der Waals surface area contributed by atoms with E-state index in [9.17, 15) is 4.79 Å². The molecule has 3 aromatic carbocycles. The molecule has 28 heavy (non-hydrogen) atoms. The third-order valence-electron chi connectivity index (χ3n) is 4.67. The maximum Gasteiger partial charge on any atom is 0.224 e. The number of hydrogen-bond acceptors (Lipinski definition) is 3. The number of hydrogen-bond donors (Lipinski definition) is 1. The summed E-state index contributed by atoms with van der Waals surface area (Å²) in [5.41, 5.74) is 4.09. The molecule has 1 amide bonds. The lowest BCUT2D eigenvalue weighted by atomic mass is 10.0. The first kappa shape index (κ1) is 18.4. The summed E-state index contributed by atoms with van der Waals surface area (Å²) in [7, 11) is 0. The second-order valence-corrected chi connectivity index (χ2v) is 7.86. The van der Waals surface area contributed by atoms with Gasteiger partial charge in [-0.05, 0) is 43.0 Å². The molecule has 0 unspecified atom stereocenters. The molecule has 1 aromatic heterocycles. The zero-order valence-corrected chi connectivity index (χ0v) is 16.4. The summed E-state index contributed by atoms with van der Waals surface area (Å²) in [6.07, 6.45) is 3.27. The van der Waals surface area contributed by atoms with Gasteiger partial charge < -0.3 is 5.32 Å². The van der Waals surface area contributed by atoms with Crippen LogP contribution in [0, 0.1) is 0 Å². The number of carbonyl (C=O) groups is 1. The lowest BCUT2D eigenvalue weighted by Gasteiger charge is -2.11. The quantitative estimate of drug-likeness (QED) is 0.378. The standard InChI is InChI=1S/C24H22N2OS/c27-23(16-8-9-17-24-26-21-14-6-7-15-22(21)28-24)25-20-13-5-4-12-19(20)18-10-2-1-3-11-18/h1-7,10-15H,8-9,16-17H2,(H,25,27). The number of nitrogens with zero attached hydrogens (tertiary/aromatic N) is 1. The molecule has 0 saturated heterocycles. The number of anilines is 1. The lowest BCUT2D eigenvalue weighted by molar-refractivity contribution is -0.116. The van der Waals surface area contributed by atoms with Crippen molar-refractivity contribution in [1.29, 1.82) is 0 Å². The Morgan fingerprint density at radius 2 is 1.61 bits per heavy atom. The van der Waals surface area contributed by atoms with Gasteiger partial charge in [0.2, 0.25) is 5.91 Å². The van der Waals surface area contributed by atoms with Crippen molar-refractivity contribution in [3.63, 3.8) is 0 Å². The molecule has 0 fully saturated rings. The van der Waals surface area contributed by atoms with E-state index in [1.54, 1.807) is 11.3 Å². The first-order chi connectivity index (χ1) is 13.8. The lowest BCUT2D eigenvalue weighted by Crippen LogP contribution is -2.12. The molecule has 4 heteroatoms. The van der Waals surface area contributed by atoms with Crippen molar-refractivity contribution in [2.24, 2.45) is 0 Å². The average molecular weight is 387 g/mol. The van der Waals surface area contributed by atoms with Gasteiger partial charge in [-0.2, -0.15) is 0 Å². The van der Waals surface area contributed by atoms with Crippen LogP contribution < -0.4 is 5.32 Å². The zero-order valence-electron chi connectivity index (χ0n) is 15.6. The molecule has 0 aliphatic carbocycles. The summed E-state index contributed by atoms with van der Waals surface area (Å²) in [4.78, 5) is 17.1. The van der Waals surface area contributed by atoms with Crippen molar-refractivity contribution in [2.75, 3.05) is 5.32 Å². The smallest absolute Gasteiger partial charge is 0.224 e. The average Bonchev–Trinajstić information content (AvgIpc) is 3.15. The summed E-state index contributed by atoms with van der Waals surface area (Å²) >= 11 is 1.75. The molecule has 0 saturated carbocycles. The van der Waals surface area contributed by atoms with Crippen molar-refractivity contribution in [1.82, 2.24) is 4.98 Å². The molecule has 140 valence electrons. The summed E-state index contributed by atoms with van der Waals surface area (Å²) in [6.45, 7) is 0. The van der Waals surface area contributed by atoms with E-state index in [2.05, 4.69) is 28.5 Å². The number of unbranched alkanes of at least 4 members (excludes halogenated alkanes) is 1. The van der Waals surface area contributed by atoms with Crippen molar-refractivity contribution in [3.8, 4) is 11.1 Å². The van der Waals surface area contributed by atoms with Gasteiger partial charge >= 0.3 is 0 Å². The van der Waals surface area contributed by atoms with Crippen molar-refractivity contribution in [2.45, 2.75) is 25.7 Å². The van der Waals surface area contributed by atoms with Gasteiger partial charge in [-0.1, -0.05) is 60.7 Å². The monoisotopic (exact) mass is 386 g/mol. The first-order valence-electron chi connectivity index (χ1n) is 9.58. The fourth-order valence-electron chi connectivity index (χ4n) is 3.26. The summed E-state index contributed by atoms with van der Waals surface area (Å²) in [5, 5.41) is 4.23. The normalized spacial score (nSPS) is 10.9. The van der Waals surface area contributed by atoms with E-state index in [4.69, 9.17) is 0 Å². The largest absolute Gasteiger partial charge is 0.326 e. The molecule has 3 nitrogen and oxygen atoms in total. The van der Waals surface area contributed by atoms with E-state index >= 15 is 0 Å². The van der Waals surface area contributed by atoms with E-state index in [1.165, 1.54) is 4.70 Å². The van der Waals surface area contributed by atoms with Gasteiger partial charge in [-0.15, -0.1) is 11.3 Å². The molecular weight excluding hydrogens is 364 g/mol. The minimum Gasteiger partial charge on any atom is -0.326 e. The van der Waals surface area contributed by atoms with Crippen LogP contribution in [0.25, 0.3) is 21.3 Å². The van der Waals surface area contributed by atoms with Crippen molar-refractivity contribution < 1.29 is 4.79 Å². The van der Waals surface area contributed by atoms with Gasteiger partial charge in [0.1, 0.15) is 0 Å². The molecule has 0 aliphatic rings. The molecule has 0 aliphatic heterocycles. The highest BCUT2D eigenvalue weighted by Gasteiger charge is 2.09. The SMILES string of the molecule is O=C(CCCCc1nc2ccccc2s1)Nc1ccccc1-c1ccccc1. The van der Waals surface area contributed by atoms with E-state index < -0.39 is 0 Å². The Morgan fingerprint density at radius 3 is 2.46 bits per heavy atom. The molecule has 0 spiro atoms. The van der Waals surface area contributed by atoms with Gasteiger partial charge in [0.05, 0.1) is 15.2 Å².